The molecule has 1 amide bonds. The topological polar surface area (TPSA) is 87.1 Å². The molecule has 1 aromatic carbocycles. The third kappa shape index (κ3) is 3.49. The normalized spacial score (nSPS) is 16.2. The molecule has 0 saturated heterocycles. The van der Waals surface area contributed by atoms with Crippen molar-refractivity contribution >= 4 is 28.9 Å². The number of hydrogen-bond donors (Lipinski definition) is 1. The largest absolute Gasteiger partial charge is 0.356 e. The third-order valence-corrected chi connectivity index (χ3v) is 5.04. The maximum Gasteiger partial charge on any atom is 0.249 e. The number of carbonyl (C=O) groups is 1. The Kier molecular flexibility index (Phi) is 4.84. The van der Waals surface area contributed by atoms with E-state index in [0.29, 0.717) is 5.95 Å². The van der Waals surface area contributed by atoms with Crippen molar-refractivity contribution in [1.29, 1.82) is 0 Å². The van der Waals surface area contributed by atoms with E-state index in [9.17, 15) is 4.79 Å². The summed E-state index contributed by atoms with van der Waals surface area (Å²) in [5.74, 6) is 0.573. The lowest BCUT2D eigenvalue weighted by Crippen LogP contribution is -2.53. The second-order valence-electron chi connectivity index (χ2n) is 7.30. The van der Waals surface area contributed by atoms with Gasteiger partial charge in [-0.15, -0.1) is 0 Å². The average Bonchev–Trinajstić information content (AvgIpc) is 2.73. The van der Waals surface area contributed by atoms with Crippen LogP contribution in [0.25, 0.3) is 11.3 Å². The lowest BCUT2D eigenvalue weighted by molar-refractivity contribution is -0.119. The van der Waals surface area contributed by atoms with Gasteiger partial charge in [0.1, 0.15) is 12.4 Å². The summed E-state index contributed by atoms with van der Waals surface area (Å²) >= 11 is 0. The minimum atomic E-state index is -0.222. The summed E-state index contributed by atoms with van der Waals surface area (Å²) in [5.41, 5.74) is 4.31. The molecule has 8 heteroatoms. The molecule has 0 spiro atoms. The van der Waals surface area contributed by atoms with Crippen molar-refractivity contribution in [1.82, 2.24) is 19.9 Å². The van der Waals surface area contributed by atoms with Crippen LogP contribution in [0.5, 0.6) is 0 Å². The average molecular weight is 389 g/mol. The Morgan fingerprint density at radius 3 is 2.59 bits per heavy atom. The van der Waals surface area contributed by atoms with Crippen LogP contribution in [0.1, 0.15) is 20.8 Å². The van der Waals surface area contributed by atoms with Gasteiger partial charge in [-0.05, 0) is 45.0 Å². The van der Waals surface area contributed by atoms with Crippen molar-refractivity contribution in [3.8, 4) is 11.3 Å². The fourth-order valence-corrected chi connectivity index (χ4v) is 3.68. The molecule has 1 aliphatic rings. The van der Waals surface area contributed by atoms with Gasteiger partial charge in [0.15, 0.2) is 0 Å². The number of anilines is 4. The van der Waals surface area contributed by atoms with E-state index >= 15 is 0 Å². The highest BCUT2D eigenvalue weighted by Crippen LogP contribution is 2.39. The molecule has 3 heterocycles. The molecule has 8 nitrogen and oxygen atoms in total. The van der Waals surface area contributed by atoms with E-state index in [1.807, 2.05) is 38.2 Å². The number of likely N-dealkylation sites (N-methyl/N-ethyl adjacent to an activating group) is 1. The van der Waals surface area contributed by atoms with Gasteiger partial charge in [-0.1, -0.05) is 0 Å². The zero-order valence-corrected chi connectivity index (χ0v) is 16.9. The van der Waals surface area contributed by atoms with Crippen molar-refractivity contribution in [3.63, 3.8) is 0 Å². The second-order valence-corrected chi connectivity index (χ2v) is 7.30. The summed E-state index contributed by atoms with van der Waals surface area (Å²) in [6, 6.07) is 7.70. The first kappa shape index (κ1) is 18.8. The first-order valence-corrected chi connectivity index (χ1v) is 9.51. The quantitative estimate of drug-likeness (QED) is 0.733. The first-order chi connectivity index (χ1) is 14.0. The maximum absolute atomic E-state index is 12.6. The van der Waals surface area contributed by atoms with Gasteiger partial charge in [0.05, 0.1) is 17.1 Å². The molecule has 0 saturated carbocycles. The van der Waals surface area contributed by atoms with Crippen LogP contribution in [-0.2, 0) is 4.79 Å². The summed E-state index contributed by atoms with van der Waals surface area (Å²) in [7, 11) is 1.82. The van der Waals surface area contributed by atoms with Crippen LogP contribution in [0.15, 0.2) is 49.2 Å². The second kappa shape index (κ2) is 7.46. The number of fused-ring (bicyclic) bond motifs is 1. The molecule has 1 aliphatic heterocycles. The van der Waals surface area contributed by atoms with Crippen LogP contribution in [0.3, 0.4) is 0 Å². The van der Waals surface area contributed by atoms with Crippen molar-refractivity contribution in [2.75, 3.05) is 22.2 Å². The van der Waals surface area contributed by atoms with Gasteiger partial charge < -0.3 is 15.1 Å². The maximum atomic E-state index is 12.6. The van der Waals surface area contributed by atoms with E-state index in [0.717, 1.165) is 28.3 Å². The van der Waals surface area contributed by atoms with Gasteiger partial charge in [-0.3, -0.25) is 4.79 Å². The number of nitrogens with one attached hydrogen (secondary N) is 1. The van der Waals surface area contributed by atoms with E-state index in [2.05, 4.69) is 44.0 Å². The zero-order valence-electron chi connectivity index (χ0n) is 16.9. The van der Waals surface area contributed by atoms with Gasteiger partial charge in [-0.2, -0.15) is 0 Å². The Labute approximate surface area is 169 Å². The van der Waals surface area contributed by atoms with Crippen LogP contribution in [-0.4, -0.2) is 45.0 Å². The third-order valence-electron chi connectivity index (χ3n) is 5.04. The minimum absolute atomic E-state index is 0.0908. The van der Waals surface area contributed by atoms with Crippen molar-refractivity contribution in [3.05, 3.63) is 49.2 Å². The standard InChI is InChI=1S/C21H23N7O/c1-13(2)28-14(3)20(29)27(4)18-6-5-16(9-19(18)28)25-21-24-8-7-17(26-21)15-10-22-12-23-11-15/h5-14H,1-4H3,(H,24,25,26). The Morgan fingerprint density at radius 1 is 1.10 bits per heavy atom. The number of nitrogens with zero attached hydrogens (tertiary/aromatic N) is 6. The van der Waals surface area contributed by atoms with Crippen LogP contribution >= 0.6 is 0 Å². The van der Waals surface area contributed by atoms with E-state index in [1.54, 1.807) is 23.5 Å². The van der Waals surface area contributed by atoms with Gasteiger partial charge >= 0.3 is 0 Å². The lowest BCUT2D eigenvalue weighted by Gasteiger charge is -2.42. The highest BCUT2D eigenvalue weighted by molar-refractivity contribution is 6.05. The summed E-state index contributed by atoms with van der Waals surface area (Å²) in [5, 5.41) is 3.27. The minimum Gasteiger partial charge on any atom is -0.356 e. The molecule has 2 aromatic heterocycles. The van der Waals surface area contributed by atoms with Crippen molar-refractivity contribution < 1.29 is 4.79 Å². The molecule has 0 radical (unpaired) electrons. The summed E-state index contributed by atoms with van der Waals surface area (Å²) in [6.45, 7) is 6.12. The molecule has 0 bridgehead atoms. The van der Waals surface area contributed by atoms with Gasteiger partial charge in [0.25, 0.3) is 0 Å². The number of aromatic nitrogens is 4. The number of amides is 1. The molecular weight excluding hydrogens is 366 g/mol. The SMILES string of the molecule is CC(C)N1c2cc(Nc3nccc(-c4cncnc4)n3)ccc2N(C)C(=O)C1C. The highest BCUT2D eigenvalue weighted by Gasteiger charge is 2.34. The molecule has 3 aromatic rings. The molecule has 1 unspecified atom stereocenters. The molecule has 1 atom stereocenters. The molecule has 1 N–H and O–H groups in total. The summed E-state index contributed by atoms with van der Waals surface area (Å²) < 4.78 is 0. The van der Waals surface area contributed by atoms with Crippen LogP contribution in [0.2, 0.25) is 0 Å². The number of benzene rings is 1. The van der Waals surface area contributed by atoms with E-state index in [-0.39, 0.29) is 18.0 Å². The van der Waals surface area contributed by atoms with E-state index in [1.165, 1.54) is 6.33 Å². The van der Waals surface area contributed by atoms with Crippen LogP contribution in [0, 0.1) is 0 Å². The van der Waals surface area contributed by atoms with Gasteiger partial charge in [0, 0.05) is 42.9 Å². The molecular formula is C21H23N7O. The predicted molar refractivity (Wildman–Crippen MR) is 113 cm³/mol. The van der Waals surface area contributed by atoms with Crippen molar-refractivity contribution in [2.24, 2.45) is 0 Å². The Bertz CT molecular complexity index is 1040. The van der Waals surface area contributed by atoms with E-state index < -0.39 is 0 Å². The molecule has 4 rings (SSSR count). The smallest absolute Gasteiger partial charge is 0.249 e. The number of rotatable bonds is 4. The summed E-state index contributed by atoms with van der Waals surface area (Å²) in [4.78, 5) is 33.4. The molecule has 0 fully saturated rings. The summed E-state index contributed by atoms with van der Waals surface area (Å²) in [6.07, 6.45) is 6.62. The van der Waals surface area contributed by atoms with Crippen LogP contribution in [0.4, 0.5) is 23.0 Å². The Morgan fingerprint density at radius 2 is 1.86 bits per heavy atom. The molecule has 148 valence electrons. The zero-order chi connectivity index (χ0) is 20.5. The monoisotopic (exact) mass is 389 g/mol. The van der Waals surface area contributed by atoms with E-state index in [4.69, 9.17) is 0 Å². The van der Waals surface area contributed by atoms with Crippen LogP contribution < -0.4 is 15.1 Å². The fraction of sp³-hybridized carbons (Fsp3) is 0.286. The number of carbonyl (C=O) groups excluding carboxylic acids is 1. The number of hydrogen-bond acceptors (Lipinski definition) is 7. The Hall–Kier alpha value is -3.55. The first-order valence-electron chi connectivity index (χ1n) is 9.51. The fourth-order valence-electron chi connectivity index (χ4n) is 3.68. The molecule has 29 heavy (non-hydrogen) atoms. The van der Waals surface area contributed by atoms with Gasteiger partial charge in [0.2, 0.25) is 11.9 Å². The predicted octanol–water partition coefficient (Wildman–Crippen LogP) is 3.26. The molecule has 0 aliphatic carbocycles. The Balaban J connectivity index is 1.67. The van der Waals surface area contributed by atoms with Gasteiger partial charge in [-0.25, -0.2) is 19.9 Å². The van der Waals surface area contributed by atoms with Crippen molar-refractivity contribution in [2.45, 2.75) is 32.9 Å². The lowest BCUT2D eigenvalue weighted by atomic mass is 10.0. The highest BCUT2D eigenvalue weighted by atomic mass is 16.2.